The second kappa shape index (κ2) is 3.47. The van der Waals surface area contributed by atoms with Crippen LogP contribution in [0.4, 0.5) is 4.79 Å². The minimum Gasteiger partial charge on any atom is -0.350 e. The Hall–Kier alpha value is -1.58. The zero-order valence-electron chi connectivity index (χ0n) is 9.66. The van der Waals surface area contributed by atoms with Gasteiger partial charge in [0.15, 0.2) is 0 Å². The smallest absolute Gasteiger partial charge is 0.332 e. The Balaban J connectivity index is 2.22. The van der Waals surface area contributed by atoms with E-state index in [0.29, 0.717) is 0 Å². The number of hydrogen-bond donors (Lipinski definition) is 2. The molecule has 0 aromatic heterocycles. The van der Waals surface area contributed by atoms with E-state index in [-0.39, 0.29) is 10.8 Å². The van der Waals surface area contributed by atoms with Gasteiger partial charge in [0.25, 0.3) is 0 Å². The summed E-state index contributed by atoms with van der Waals surface area (Å²) in [5.41, 5.74) is 8.50. The summed E-state index contributed by atoms with van der Waals surface area (Å²) in [5, 5.41) is 4.06. The van der Waals surface area contributed by atoms with Gasteiger partial charge in [0.05, 0.1) is 0 Å². The Morgan fingerprint density at radius 3 is 2.25 bits per heavy atom. The van der Waals surface area contributed by atoms with Crippen molar-refractivity contribution >= 4 is 11.7 Å². The van der Waals surface area contributed by atoms with E-state index in [9.17, 15) is 4.79 Å². The van der Waals surface area contributed by atoms with Crippen molar-refractivity contribution in [1.82, 2.24) is 5.43 Å². The molecule has 2 aliphatic carbocycles. The zero-order chi connectivity index (χ0) is 11.8. The van der Waals surface area contributed by atoms with E-state index in [2.05, 4.69) is 48.7 Å². The molecule has 4 heteroatoms. The number of allylic oxidation sites excluding steroid dienone is 4. The second-order valence-electron chi connectivity index (χ2n) is 5.06. The van der Waals surface area contributed by atoms with Crippen LogP contribution in [0.25, 0.3) is 0 Å². The van der Waals surface area contributed by atoms with Gasteiger partial charge in [-0.05, 0) is 12.8 Å². The van der Waals surface area contributed by atoms with Crippen LogP contribution in [0, 0.1) is 10.8 Å². The Morgan fingerprint density at radius 1 is 1.31 bits per heavy atom. The van der Waals surface area contributed by atoms with Gasteiger partial charge in [-0.25, -0.2) is 10.2 Å². The van der Waals surface area contributed by atoms with E-state index in [4.69, 9.17) is 5.73 Å². The molecule has 2 aliphatic rings. The lowest BCUT2D eigenvalue weighted by Gasteiger charge is -2.37. The van der Waals surface area contributed by atoms with E-state index in [1.165, 1.54) is 0 Å². The van der Waals surface area contributed by atoms with Crippen molar-refractivity contribution in [2.24, 2.45) is 21.7 Å². The van der Waals surface area contributed by atoms with Gasteiger partial charge in [-0.2, -0.15) is 5.10 Å². The first kappa shape index (κ1) is 10.9. The summed E-state index contributed by atoms with van der Waals surface area (Å²) >= 11 is 0. The number of amides is 2. The predicted molar refractivity (Wildman–Crippen MR) is 63.9 cm³/mol. The van der Waals surface area contributed by atoms with Crippen molar-refractivity contribution in [3.05, 3.63) is 24.3 Å². The standard InChI is InChI=1S/C12H17N3O/c1-11-5-3-4-6-12(11,2)8-9(7-11)14-15-10(13)16/h3-6H,7-8H2,1-2H3,(H3,13,15,16)/t11-,12+. The third-order valence-corrected chi connectivity index (χ3v) is 3.81. The summed E-state index contributed by atoms with van der Waals surface area (Å²) in [6.45, 7) is 4.44. The van der Waals surface area contributed by atoms with Gasteiger partial charge >= 0.3 is 6.03 Å². The minimum atomic E-state index is -0.608. The van der Waals surface area contributed by atoms with Crippen molar-refractivity contribution in [2.75, 3.05) is 0 Å². The fourth-order valence-electron chi connectivity index (χ4n) is 2.56. The second-order valence-corrected chi connectivity index (χ2v) is 5.06. The summed E-state index contributed by atoms with van der Waals surface area (Å²) in [5.74, 6) is 0. The molecule has 0 aromatic carbocycles. The lowest BCUT2D eigenvalue weighted by molar-refractivity contribution is 0.229. The Labute approximate surface area is 95.3 Å². The molecule has 0 saturated heterocycles. The number of fused-ring (bicyclic) bond motifs is 1. The first-order valence-electron chi connectivity index (χ1n) is 5.43. The molecule has 0 heterocycles. The topological polar surface area (TPSA) is 67.5 Å². The number of hydrazone groups is 1. The van der Waals surface area contributed by atoms with Gasteiger partial charge in [-0.1, -0.05) is 38.2 Å². The van der Waals surface area contributed by atoms with Gasteiger partial charge in [0.2, 0.25) is 0 Å². The number of carbonyl (C=O) groups excluding carboxylic acids is 1. The largest absolute Gasteiger partial charge is 0.350 e. The third-order valence-electron chi connectivity index (χ3n) is 3.81. The molecule has 2 atom stereocenters. The van der Waals surface area contributed by atoms with Crippen LogP contribution in [-0.2, 0) is 0 Å². The van der Waals surface area contributed by atoms with E-state index < -0.39 is 6.03 Å². The zero-order valence-corrected chi connectivity index (χ0v) is 9.66. The summed E-state index contributed by atoms with van der Waals surface area (Å²) < 4.78 is 0. The molecule has 16 heavy (non-hydrogen) atoms. The van der Waals surface area contributed by atoms with Crippen LogP contribution >= 0.6 is 0 Å². The van der Waals surface area contributed by atoms with Crippen molar-refractivity contribution < 1.29 is 4.79 Å². The maximum atomic E-state index is 10.6. The molecule has 0 bridgehead atoms. The average Bonchev–Trinajstić information content (AvgIpc) is 2.46. The molecule has 2 rings (SSSR count). The number of carbonyl (C=O) groups is 1. The number of primary amides is 1. The summed E-state index contributed by atoms with van der Waals surface area (Å²) in [4.78, 5) is 10.6. The predicted octanol–water partition coefficient (Wildman–Crippen LogP) is 1.94. The van der Waals surface area contributed by atoms with Gasteiger partial charge < -0.3 is 5.73 Å². The third kappa shape index (κ3) is 1.64. The van der Waals surface area contributed by atoms with Crippen LogP contribution in [0.1, 0.15) is 26.7 Å². The highest BCUT2D eigenvalue weighted by molar-refractivity contribution is 5.90. The SMILES string of the molecule is C[C@@]12C=CC=C[C@]1(C)CC(=NNC(N)=O)C2. The van der Waals surface area contributed by atoms with Gasteiger partial charge in [-0.15, -0.1) is 0 Å². The van der Waals surface area contributed by atoms with Crippen molar-refractivity contribution in [1.29, 1.82) is 0 Å². The molecular formula is C12H17N3O. The molecule has 1 fully saturated rings. The fraction of sp³-hybridized carbons (Fsp3) is 0.500. The molecule has 3 N–H and O–H groups in total. The van der Waals surface area contributed by atoms with Crippen LogP contribution in [0.3, 0.4) is 0 Å². The first-order valence-corrected chi connectivity index (χ1v) is 5.43. The average molecular weight is 219 g/mol. The van der Waals surface area contributed by atoms with Gasteiger partial charge in [-0.3, -0.25) is 0 Å². The van der Waals surface area contributed by atoms with Gasteiger partial charge in [0, 0.05) is 16.5 Å². The first-order chi connectivity index (χ1) is 7.45. The van der Waals surface area contributed by atoms with Crippen LogP contribution in [0.2, 0.25) is 0 Å². The number of nitrogens with zero attached hydrogens (tertiary/aromatic N) is 1. The number of rotatable bonds is 1. The Morgan fingerprint density at radius 2 is 1.81 bits per heavy atom. The monoisotopic (exact) mass is 219 g/mol. The summed E-state index contributed by atoms with van der Waals surface area (Å²) in [6.07, 6.45) is 10.3. The van der Waals surface area contributed by atoms with Gasteiger partial charge in [0.1, 0.15) is 0 Å². The molecule has 0 aliphatic heterocycles. The van der Waals surface area contributed by atoms with E-state index in [1.54, 1.807) is 0 Å². The van der Waals surface area contributed by atoms with E-state index >= 15 is 0 Å². The number of urea groups is 1. The number of nitrogens with one attached hydrogen (secondary N) is 1. The molecule has 86 valence electrons. The highest BCUT2D eigenvalue weighted by Crippen LogP contribution is 2.54. The number of hydrogen-bond acceptors (Lipinski definition) is 2. The number of nitrogens with two attached hydrogens (primary N) is 1. The van der Waals surface area contributed by atoms with E-state index in [0.717, 1.165) is 18.6 Å². The van der Waals surface area contributed by atoms with Crippen molar-refractivity contribution in [2.45, 2.75) is 26.7 Å². The van der Waals surface area contributed by atoms with Crippen LogP contribution < -0.4 is 11.2 Å². The highest BCUT2D eigenvalue weighted by Gasteiger charge is 2.48. The molecule has 0 aromatic rings. The van der Waals surface area contributed by atoms with Crippen molar-refractivity contribution in [3.63, 3.8) is 0 Å². The van der Waals surface area contributed by atoms with Crippen molar-refractivity contribution in [3.8, 4) is 0 Å². The fourth-order valence-corrected chi connectivity index (χ4v) is 2.56. The lowest BCUT2D eigenvalue weighted by atomic mass is 9.66. The normalized spacial score (nSPS) is 38.8. The Bertz CT molecular complexity index is 382. The Kier molecular flexibility index (Phi) is 2.37. The van der Waals surface area contributed by atoms with Crippen LogP contribution in [-0.4, -0.2) is 11.7 Å². The molecule has 1 saturated carbocycles. The molecule has 2 amide bonds. The van der Waals surface area contributed by atoms with Crippen LogP contribution in [0.5, 0.6) is 0 Å². The van der Waals surface area contributed by atoms with Crippen LogP contribution in [0.15, 0.2) is 29.4 Å². The summed E-state index contributed by atoms with van der Waals surface area (Å²) in [7, 11) is 0. The maximum absolute atomic E-state index is 10.6. The molecule has 0 spiro atoms. The highest BCUT2D eigenvalue weighted by atomic mass is 16.2. The quantitative estimate of drug-likeness (QED) is 0.650. The summed E-state index contributed by atoms with van der Waals surface area (Å²) in [6, 6.07) is -0.608. The van der Waals surface area contributed by atoms with E-state index in [1.807, 2.05) is 0 Å². The molecular weight excluding hydrogens is 202 g/mol. The molecule has 0 unspecified atom stereocenters. The molecule has 0 radical (unpaired) electrons. The molecule has 4 nitrogen and oxygen atoms in total. The lowest BCUT2D eigenvalue weighted by Crippen LogP contribution is -2.29. The minimum absolute atomic E-state index is 0.0971. The maximum Gasteiger partial charge on any atom is 0.332 e.